The van der Waals surface area contributed by atoms with Gasteiger partial charge in [-0.25, -0.2) is 14.4 Å². The average Bonchev–Trinajstić information content (AvgIpc) is 2.90. The Balaban J connectivity index is 1.31. The van der Waals surface area contributed by atoms with Crippen molar-refractivity contribution < 1.29 is 22.3 Å². The molecule has 0 radical (unpaired) electrons. The summed E-state index contributed by atoms with van der Waals surface area (Å²) in [6, 6.07) is 21.7. The number of hydrogen-bond donors (Lipinski definition) is 2. The lowest BCUT2D eigenvalue weighted by molar-refractivity contribution is -0.137. The molecule has 0 unspecified atom stereocenters. The van der Waals surface area contributed by atoms with E-state index >= 15 is 0 Å². The van der Waals surface area contributed by atoms with E-state index in [4.69, 9.17) is 16.3 Å². The quantitative estimate of drug-likeness (QED) is 0.203. The van der Waals surface area contributed by atoms with Crippen LogP contribution in [-0.2, 0) is 12.7 Å². The van der Waals surface area contributed by atoms with Gasteiger partial charge in [0, 0.05) is 23.3 Å². The van der Waals surface area contributed by atoms with Gasteiger partial charge in [0.15, 0.2) is 0 Å². The summed E-state index contributed by atoms with van der Waals surface area (Å²) in [4.78, 5) is 8.61. The molecule has 5 rings (SSSR count). The highest BCUT2D eigenvalue weighted by molar-refractivity contribution is 6.31. The van der Waals surface area contributed by atoms with E-state index in [0.717, 1.165) is 28.8 Å². The molecule has 0 saturated heterocycles. The van der Waals surface area contributed by atoms with Crippen molar-refractivity contribution in [2.75, 3.05) is 10.6 Å². The number of hydrogen-bond acceptors (Lipinski definition) is 5. The van der Waals surface area contributed by atoms with E-state index in [9.17, 15) is 17.6 Å². The number of anilines is 3. The highest BCUT2D eigenvalue weighted by Crippen LogP contribution is 2.33. The molecule has 0 aliphatic rings. The van der Waals surface area contributed by atoms with Crippen LogP contribution in [0.3, 0.4) is 0 Å². The smallest absolute Gasteiger partial charge is 0.416 e. The van der Waals surface area contributed by atoms with Gasteiger partial charge in [0.1, 0.15) is 29.5 Å². The van der Waals surface area contributed by atoms with Crippen molar-refractivity contribution in [3.05, 3.63) is 113 Å². The molecule has 192 valence electrons. The van der Waals surface area contributed by atoms with Crippen molar-refractivity contribution in [3.63, 3.8) is 0 Å². The van der Waals surface area contributed by atoms with Crippen LogP contribution in [0.15, 0.2) is 91.3 Å². The van der Waals surface area contributed by atoms with E-state index in [1.54, 1.807) is 24.3 Å². The highest BCUT2D eigenvalue weighted by Gasteiger charge is 2.30. The molecule has 38 heavy (non-hydrogen) atoms. The zero-order valence-corrected chi connectivity index (χ0v) is 20.3. The summed E-state index contributed by atoms with van der Waals surface area (Å²) in [5, 5.41) is 7.20. The summed E-state index contributed by atoms with van der Waals surface area (Å²) < 4.78 is 58.2. The van der Waals surface area contributed by atoms with Gasteiger partial charge in [0.2, 0.25) is 0 Å². The van der Waals surface area contributed by atoms with Gasteiger partial charge < -0.3 is 15.4 Å². The first kappa shape index (κ1) is 25.3. The normalized spacial score (nSPS) is 11.4. The van der Waals surface area contributed by atoms with E-state index in [1.165, 1.54) is 30.6 Å². The Morgan fingerprint density at radius 2 is 1.58 bits per heavy atom. The zero-order valence-electron chi connectivity index (χ0n) is 19.6. The third kappa shape index (κ3) is 5.95. The molecule has 5 aromatic rings. The molecular formula is C28H19ClF4N4O. The summed E-state index contributed by atoms with van der Waals surface area (Å²) in [6.45, 7) is 0.426. The SMILES string of the molecule is Fc1ccc(Nc2ncnc3ccc(NCc4cccc(Oc5cccc(C(F)(F)F)c5)c4)cc23)cc1Cl. The van der Waals surface area contributed by atoms with Crippen molar-refractivity contribution in [2.45, 2.75) is 12.7 Å². The Morgan fingerprint density at radius 3 is 2.37 bits per heavy atom. The molecule has 0 aliphatic heterocycles. The van der Waals surface area contributed by atoms with Gasteiger partial charge in [-0.1, -0.05) is 29.8 Å². The fraction of sp³-hybridized carbons (Fsp3) is 0.0714. The number of rotatable bonds is 7. The van der Waals surface area contributed by atoms with Crippen molar-refractivity contribution in [3.8, 4) is 11.5 Å². The minimum Gasteiger partial charge on any atom is -0.457 e. The van der Waals surface area contributed by atoms with Gasteiger partial charge in [-0.2, -0.15) is 13.2 Å². The fourth-order valence-corrected chi connectivity index (χ4v) is 3.95. The Hall–Kier alpha value is -4.37. The summed E-state index contributed by atoms with van der Waals surface area (Å²) in [7, 11) is 0. The number of nitrogens with one attached hydrogen (secondary N) is 2. The molecule has 0 atom stereocenters. The van der Waals surface area contributed by atoms with Gasteiger partial charge in [0.25, 0.3) is 0 Å². The van der Waals surface area contributed by atoms with Crippen molar-refractivity contribution in [2.24, 2.45) is 0 Å². The highest BCUT2D eigenvalue weighted by atomic mass is 35.5. The average molecular weight is 539 g/mol. The molecular weight excluding hydrogens is 520 g/mol. The van der Waals surface area contributed by atoms with Crippen LogP contribution in [0.2, 0.25) is 5.02 Å². The topological polar surface area (TPSA) is 59.1 Å². The monoisotopic (exact) mass is 538 g/mol. The predicted molar refractivity (Wildman–Crippen MR) is 140 cm³/mol. The molecule has 5 nitrogen and oxygen atoms in total. The third-order valence-corrected chi connectivity index (χ3v) is 5.90. The molecule has 1 aromatic heterocycles. The number of ether oxygens (including phenoxy) is 1. The van der Waals surface area contributed by atoms with Crippen molar-refractivity contribution in [1.29, 1.82) is 0 Å². The number of aromatic nitrogens is 2. The summed E-state index contributed by atoms with van der Waals surface area (Å²) >= 11 is 5.89. The molecule has 2 N–H and O–H groups in total. The first-order valence-electron chi connectivity index (χ1n) is 11.4. The predicted octanol–water partition coefficient (Wildman–Crippen LogP) is 8.59. The molecule has 4 aromatic carbocycles. The second-order valence-electron chi connectivity index (χ2n) is 8.34. The van der Waals surface area contributed by atoms with Crippen LogP contribution in [-0.4, -0.2) is 9.97 Å². The van der Waals surface area contributed by atoms with Crippen LogP contribution in [0.4, 0.5) is 34.8 Å². The van der Waals surface area contributed by atoms with Crippen LogP contribution >= 0.6 is 11.6 Å². The second-order valence-corrected chi connectivity index (χ2v) is 8.74. The zero-order chi connectivity index (χ0) is 26.7. The van der Waals surface area contributed by atoms with Crippen LogP contribution < -0.4 is 15.4 Å². The largest absolute Gasteiger partial charge is 0.457 e. The lowest BCUT2D eigenvalue weighted by Gasteiger charge is -2.13. The number of halogens is 5. The Bertz CT molecular complexity index is 1610. The lowest BCUT2D eigenvalue weighted by atomic mass is 10.1. The maximum Gasteiger partial charge on any atom is 0.416 e. The van der Waals surface area contributed by atoms with E-state index in [2.05, 4.69) is 20.6 Å². The standard InChI is InChI=1S/C28H19ClF4N4O/c29-24-14-20(7-9-25(24)30)37-27-23-13-19(8-10-26(23)35-16-36-27)34-15-17-3-1-5-21(11-17)38-22-6-2-4-18(12-22)28(31,32)33/h1-14,16,34H,15H2,(H,35,36,37). The van der Waals surface area contributed by atoms with Gasteiger partial charge in [-0.3, -0.25) is 0 Å². The molecule has 0 bridgehead atoms. The van der Waals surface area contributed by atoms with E-state index in [1.807, 2.05) is 24.3 Å². The minimum absolute atomic E-state index is 0.00464. The maximum absolute atomic E-state index is 13.5. The van der Waals surface area contributed by atoms with E-state index < -0.39 is 17.6 Å². The maximum atomic E-state index is 13.5. The lowest BCUT2D eigenvalue weighted by Crippen LogP contribution is -2.04. The molecule has 0 aliphatic carbocycles. The molecule has 0 fully saturated rings. The van der Waals surface area contributed by atoms with Crippen molar-refractivity contribution in [1.82, 2.24) is 9.97 Å². The number of benzene rings is 4. The molecule has 0 amide bonds. The van der Waals surface area contributed by atoms with Crippen LogP contribution in [0, 0.1) is 5.82 Å². The summed E-state index contributed by atoms with van der Waals surface area (Å²) in [6.07, 6.45) is -3.02. The van der Waals surface area contributed by atoms with Gasteiger partial charge >= 0.3 is 6.18 Å². The molecule has 1 heterocycles. The molecule has 0 saturated carbocycles. The second kappa shape index (κ2) is 10.5. The van der Waals surface area contributed by atoms with Crippen LogP contribution in [0.25, 0.3) is 10.9 Å². The van der Waals surface area contributed by atoms with Gasteiger partial charge in [-0.15, -0.1) is 0 Å². The van der Waals surface area contributed by atoms with E-state index in [-0.39, 0.29) is 10.8 Å². The number of fused-ring (bicyclic) bond motifs is 1. The summed E-state index contributed by atoms with van der Waals surface area (Å²) in [5.41, 5.74) is 2.16. The first-order valence-corrected chi connectivity index (χ1v) is 11.8. The number of nitrogens with zero attached hydrogens (tertiary/aromatic N) is 2. The molecule has 10 heteroatoms. The Kier molecular flexibility index (Phi) is 7.02. The van der Waals surface area contributed by atoms with Crippen LogP contribution in [0.1, 0.15) is 11.1 Å². The Labute approximate surface area is 220 Å². The van der Waals surface area contributed by atoms with Gasteiger partial charge in [-0.05, 0) is 72.3 Å². The molecule has 0 spiro atoms. The van der Waals surface area contributed by atoms with Crippen molar-refractivity contribution >= 4 is 39.7 Å². The first-order chi connectivity index (χ1) is 18.2. The minimum atomic E-state index is -4.45. The number of alkyl halides is 3. The summed E-state index contributed by atoms with van der Waals surface area (Å²) in [5.74, 6) is 0.528. The van der Waals surface area contributed by atoms with Gasteiger partial charge in [0.05, 0.1) is 16.1 Å². The Morgan fingerprint density at radius 1 is 0.816 bits per heavy atom. The third-order valence-electron chi connectivity index (χ3n) is 5.61. The fourth-order valence-electron chi connectivity index (χ4n) is 3.77. The van der Waals surface area contributed by atoms with E-state index in [0.29, 0.717) is 29.3 Å². The van der Waals surface area contributed by atoms with Crippen LogP contribution in [0.5, 0.6) is 11.5 Å².